The van der Waals surface area contributed by atoms with Crippen LogP contribution in [0.5, 0.6) is 5.75 Å². The molecule has 1 fully saturated rings. The SMILES string of the molecule is O=C(O)C1CCN(S(=O)(=O)Oc2ccc3ccccc3c2)CC1. The smallest absolute Gasteiger partial charge is 0.385 e. The monoisotopic (exact) mass is 335 g/mol. The molecule has 0 atom stereocenters. The van der Waals surface area contributed by atoms with Crippen molar-refractivity contribution in [2.75, 3.05) is 13.1 Å². The molecule has 2 aromatic carbocycles. The zero-order chi connectivity index (χ0) is 16.4. The van der Waals surface area contributed by atoms with E-state index in [-0.39, 0.29) is 18.8 Å². The number of benzene rings is 2. The highest BCUT2D eigenvalue weighted by atomic mass is 32.2. The van der Waals surface area contributed by atoms with Crippen molar-refractivity contribution in [3.05, 3.63) is 42.5 Å². The molecule has 23 heavy (non-hydrogen) atoms. The van der Waals surface area contributed by atoms with Gasteiger partial charge in [0.05, 0.1) is 5.92 Å². The van der Waals surface area contributed by atoms with Gasteiger partial charge in [-0.1, -0.05) is 30.3 Å². The predicted octanol–water partition coefficient (Wildman–Crippen LogP) is 2.26. The molecule has 7 heteroatoms. The van der Waals surface area contributed by atoms with E-state index in [0.29, 0.717) is 12.8 Å². The summed E-state index contributed by atoms with van der Waals surface area (Å²) in [6, 6.07) is 12.7. The molecule has 3 rings (SSSR count). The molecule has 0 radical (unpaired) electrons. The summed E-state index contributed by atoms with van der Waals surface area (Å²) in [5, 5.41) is 10.9. The van der Waals surface area contributed by atoms with Gasteiger partial charge in [-0.25, -0.2) is 0 Å². The molecular formula is C16H17NO5S. The van der Waals surface area contributed by atoms with E-state index in [9.17, 15) is 13.2 Å². The van der Waals surface area contributed by atoms with Crippen molar-refractivity contribution in [2.24, 2.45) is 5.92 Å². The van der Waals surface area contributed by atoms with Gasteiger partial charge in [0, 0.05) is 13.1 Å². The van der Waals surface area contributed by atoms with Gasteiger partial charge in [0.1, 0.15) is 5.75 Å². The number of carbonyl (C=O) groups is 1. The van der Waals surface area contributed by atoms with Crippen molar-refractivity contribution in [3.63, 3.8) is 0 Å². The summed E-state index contributed by atoms with van der Waals surface area (Å²) in [5.41, 5.74) is 0. The maximum Gasteiger partial charge on any atom is 0.385 e. The Kier molecular flexibility index (Phi) is 4.23. The van der Waals surface area contributed by atoms with E-state index in [1.807, 2.05) is 24.3 Å². The van der Waals surface area contributed by atoms with Crippen LogP contribution in [0.3, 0.4) is 0 Å². The number of aliphatic carboxylic acids is 1. The van der Waals surface area contributed by atoms with Crippen molar-refractivity contribution in [1.82, 2.24) is 4.31 Å². The minimum Gasteiger partial charge on any atom is -0.481 e. The van der Waals surface area contributed by atoms with E-state index >= 15 is 0 Å². The van der Waals surface area contributed by atoms with Crippen LogP contribution in [-0.2, 0) is 15.1 Å². The van der Waals surface area contributed by atoms with Crippen LogP contribution in [0.15, 0.2) is 42.5 Å². The Hall–Kier alpha value is -2.12. The molecule has 6 nitrogen and oxygen atoms in total. The number of nitrogens with zero attached hydrogens (tertiary/aromatic N) is 1. The van der Waals surface area contributed by atoms with Crippen LogP contribution in [0.25, 0.3) is 10.8 Å². The second-order valence-electron chi connectivity index (χ2n) is 5.56. The van der Waals surface area contributed by atoms with Gasteiger partial charge in [-0.3, -0.25) is 4.79 Å². The largest absolute Gasteiger partial charge is 0.481 e. The molecule has 1 heterocycles. The highest BCUT2D eigenvalue weighted by Crippen LogP contribution is 2.25. The number of hydrogen-bond acceptors (Lipinski definition) is 4. The summed E-state index contributed by atoms with van der Waals surface area (Å²) in [7, 11) is -3.91. The number of hydrogen-bond donors (Lipinski definition) is 1. The van der Waals surface area contributed by atoms with E-state index in [1.165, 1.54) is 4.31 Å². The summed E-state index contributed by atoms with van der Waals surface area (Å²) >= 11 is 0. The van der Waals surface area contributed by atoms with Crippen molar-refractivity contribution in [2.45, 2.75) is 12.8 Å². The molecular weight excluding hydrogens is 318 g/mol. The first kappa shape index (κ1) is 15.8. The third-order valence-corrected chi connectivity index (χ3v) is 5.44. The minimum atomic E-state index is -3.91. The van der Waals surface area contributed by atoms with E-state index in [2.05, 4.69) is 0 Å². The first-order chi connectivity index (χ1) is 11.0. The normalized spacial score (nSPS) is 17.2. The van der Waals surface area contributed by atoms with Crippen LogP contribution in [0.2, 0.25) is 0 Å². The van der Waals surface area contributed by atoms with Gasteiger partial charge < -0.3 is 9.29 Å². The summed E-state index contributed by atoms with van der Waals surface area (Å²) < 4.78 is 31.0. The van der Waals surface area contributed by atoms with E-state index in [0.717, 1.165) is 10.8 Å². The highest BCUT2D eigenvalue weighted by Gasteiger charge is 2.32. The Labute approximate surface area is 134 Å². The topological polar surface area (TPSA) is 83.9 Å². The zero-order valence-electron chi connectivity index (χ0n) is 12.4. The Bertz CT molecular complexity index is 825. The van der Waals surface area contributed by atoms with Crippen molar-refractivity contribution in [3.8, 4) is 5.75 Å². The molecule has 0 aliphatic carbocycles. The molecule has 0 saturated carbocycles. The molecule has 2 aromatic rings. The van der Waals surface area contributed by atoms with Gasteiger partial charge >= 0.3 is 16.3 Å². The third-order valence-electron chi connectivity index (χ3n) is 4.04. The summed E-state index contributed by atoms with van der Waals surface area (Å²) in [6.45, 7) is 0.319. The van der Waals surface area contributed by atoms with Crippen LogP contribution < -0.4 is 4.18 Å². The van der Waals surface area contributed by atoms with Gasteiger partial charge in [0.2, 0.25) is 0 Å². The third kappa shape index (κ3) is 3.46. The fraction of sp³-hybridized carbons (Fsp3) is 0.312. The van der Waals surface area contributed by atoms with Gasteiger partial charge in [-0.05, 0) is 35.7 Å². The van der Waals surface area contributed by atoms with Crippen molar-refractivity contribution >= 4 is 27.0 Å². The van der Waals surface area contributed by atoms with Crippen LogP contribution in [0.4, 0.5) is 0 Å². The average Bonchev–Trinajstić information content (AvgIpc) is 2.54. The van der Waals surface area contributed by atoms with Crippen molar-refractivity contribution < 1.29 is 22.5 Å². The number of rotatable bonds is 4. The van der Waals surface area contributed by atoms with Crippen LogP contribution in [0.1, 0.15) is 12.8 Å². The van der Waals surface area contributed by atoms with Crippen molar-refractivity contribution in [1.29, 1.82) is 0 Å². The second-order valence-corrected chi connectivity index (χ2v) is 7.10. The highest BCUT2D eigenvalue weighted by molar-refractivity contribution is 7.84. The maximum atomic E-state index is 12.3. The summed E-state index contributed by atoms with van der Waals surface area (Å²) in [6.07, 6.45) is 0.602. The number of carboxylic acid groups (broad SMARTS) is 1. The Balaban J connectivity index is 1.74. The van der Waals surface area contributed by atoms with E-state index < -0.39 is 22.2 Å². The number of carboxylic acids is 1. The lowest BCUT2D eigenvalue weighted by molar-refractivity contribution is -0.142. The fourth-order valence-electron chi connectivity index (χ4n) is 2.72. The molecule has 0 unspecified atom stereocenters. The lowest BCUT2D eigenvalue weighted by Gasteiger charge is -2.28. The number of piperidine rings is 1. The van der Waals surface area contributed by atoms with Gasteiger partial charge in [0.15, 0.2) is 0 Å². The Morgan fingerprint density at radius 2 is 1.74 bits per heavy atom. The number of fused-ring (bicyclic) bond motifs is 1. The van der Waals surface area contributed by atoms with Gasteiger partial charge in [0.25, 0.3) is 0 Å². The van der Waals surface area contributed by atoms with Crippen LogP contribution in [-0.4, -0.2) is 36.9 Å². The van der Waals surface area contributed by atoms with E-state index in [1.54, 1.807) is 18.2 Å². The molecule has 1 aliphatic heterocycles. The molecule has 0 spiro atoms. The molecule has 122 valence electrons. The Morgan fingerprint density at radius 3 is 2.39 bits per heavy atom. The Morgan fingerprint density at radius 1 is 1.09 bits per heavy atom. The molecule has 1 N–H and O–H groups in total. The molecule has 1 saturated heterocycles. The second kappa shape index (κ2) is 6.17. The van der Waals surface area contributed by atoms with Crippen LogP contribution >= 0.6 is 0 Å². The lowest BCUT2D eigenvalue weighted by Crippen LogP contribution is -2.42. The maximum absolute atomic E-state index is 12.3. The zero-order valence-corrected chi connectivity index (χ0v) is 13.2. The summed E-state index contributed by atoms with van der Waals surface area (Å²) in [5.74, 6) is -1.11. The molecule has 0 amide bonds. The quantitative estimate of drug-likeness (QED) is 0.926. The predicted molar refractivity (Wildman–Crippen MR) is 85.4 cm³/mol. The lowest BCUT2D eigenvalue weighted by atomic mass is 9.99. The van der Waals surface area contributed by atoms with E-state index in [4.69, 9.17) is 9.29 Å². The van der Waals surface area contributed by atoms with Gasteiger partial charge in [-0.2, -0.15) is 12.7 Å². The standard InChI is InChI=1S/C16H17NO5S/c18-16(19)13-7-9-17(10-8-13)23(20,21)22-15-6-5-12-3-1-2-4-14(12)11-15/h1-6,11,13H,7-10H2,(H,18,19). The fourth-order valence-corrected chi connectivity index (χ4v) is 3.83. The van der Waals surface area contributed by atoms with Crippen LogP contribution in [0, 0.1) is 5.92 Å². The minimum absolute atomic E-state index is 0.160. The molecule has 0 bridgehead atoms. The average molecular weight is 335 g/mol. The first-order valence-electron chi connectivity index (χ1n) is 7.37. The first-order valence-corrected chi connectivity index (χ1v) is 8.73. The molecule has 0 aromatic heterocycles. The van der Waals surface area contributed by atoms with Gasteiger partial charge in [-0.15, -0.1) is 0 Å². The molecule has 1 aliphatic rings. The summed E-state index contributed by atoms with van der Waals surface area (Å²) in [4.78, 5) is 10.9.